The molecule has 1 aromatic carbocycles. The van der Waals surface area contributed by atoms with Crippen LogP contribution in [0.15, 0.2) is 30.4 Å². The van der Waals surface area contributed by atoms with E-state index in [-0.39, 0.29) is 12.4 Å². The van der Waals surface area contributed by atoms with Crippen molar-refractivity contribution in [2.75, 3.05) is 12.4 Å². The molecule has 76 valence electrons. The van der Waals surface area contributed by atoms with Crippen LogP contribution in [0.5, 0.6) is 5.75 Å². The van der Waals surface area contributed by atoms with Crippen LogP contribution in [-0.4, -0.2) is 12.4 Å². The van der Waals surface area contributed by atoms with Crippen LogP contribution in [0.25, 0.3) is 0 Å². The smallest absolute Gasteiger partial charge is 0.129 e. The molecule has 0 saturated carbocycles. The zero-order chi connectivity index (χ0) is 10.4. The maximum Gasteiger partial charge on any atom is 0.129 e. The molecule has 0 amide bonds. The van der Waals surface area contributed by atoms with Crippen LogP contribution in [0.3, 0.4) is 0 Å². The van der Waals surface area contributed by atoms with Crippen molar-refractivity contribution in [1.82, 2.24) is 0 Å². The molecule has 0 saturated heterocycles. The fraction of sp³-hybridized carbons (Fsp3) is 0.200. The molecule has 4 heteroatoms. The van der Waals surface area contributed by atoms with Gasteiger partial charge < -0.3 is 4.74 Å². The summed E-state index contributed by atoms with van der Waals surface area (Å²) in [7, 11) is 0. The Balaban J connectivity index is 2.54. The van der Waals surface area contributed by atoms with Crippen molar-refractivity contribution in [3.05, 3.63) is 42.0 Å². The lowest BCUT2D eigenvalue weighted by atomic mass is 10.3. The van der Waals surface area contributed by atoms with Crippen molar-refractivity contribution in [2.24, 2.45) is 0 Å². The van der Waals surface area contributed by atoms with Crippen LogP contribution in [0.4, 0.5) is 8.78 Å². The van der Waals surface area contributed by atoms with E-state index in [1.807, 2.05) is 0 Å². The van der Waals surface area contributed by atoms with Gasteiger partial charge in [-0.15, -0.1) is 0 Å². The molecule has 1 aromatic rings. The molecule has 0 spiro atoms. The van der Waals surface area contributed by atoms with E-state index in [2.05, 4.69) is 12.6 Å². The second-order valence-electron chi connectivity index (χ2n) is 2.57. The van der Waals surface area contributed by atoms with Crippen LogP contribution < -0.4 is 4.74 Å². The molecule has 1 nitrogen and oxygen atoms in total. The molecule has 0 bridgehead atoms. The first kappa shape index (κ1) is 11.0. The summed E-state index contributed by atoms with van der Waals surface area (Å²) in [6.45, 7) is 0.281. The van der Waals surface area contributed by atoms with Crippen LogP contribution in [0.1, 0.15) is 0 Å². The van der Waals surface area contributed by atoms with Crippen molar-refractivity contribution in [2.45, 2.75) is 0 Å². The van der Waals surface area contributed by atoms with Gasteiger partial charge in [0.05, 0.1) is 0 Å². The van der Waals surface area contributed by atoms with Gasteiger partial charge in [0.1, 0.15) is 24.0 Å². The zero-order valence-corrected chi connectivity index (χ0v) is 8.31. The fourth-order valence-corrected chi connectivity index (χ4v) is 1.05. The van der Waals surface area contributed by atoms with Crippen molar-refractivity contribution < 1.29 is 13.5 Å². The number of hydrogen-bond acceptors (Lipinski definition) is 2. The summed E-state index contributed by atoms with van der Waals surface area (Å²) in [4.78, 5) is 0. The van der Waals surface area contributed by atoms with Gasteiger partial charge in [0, 0.05) is 24.0 Å². The summed E-state index contributed by atoms with van der Waals surface area (Å²) in [5.74, 6) is -0.483. The van der Waals surface area contributed by atoms with E-state index in [1.165, 1.54) is 0 Å². The third-order valence-electron chi connectivity index (χ3n) is 1.45. The molecular formula is C10H10F2OS. The van der Waals surface area contributed by atoms with E-state index in [1.54, 1.807) is 12.2 Å². The first-order valence-electron chi connectivity index (χ1n) is 4.07. The third-order valence-corrected chi connectivity index (χ3v) is 1.67. The first-order valence-corrected chi connectivity index (χ1v) is 4.70. The van der Waals surface area contributed by atoms with Crippen LogP contribution in [0, 0.1) is 11.6 Å². The second-order valence-corrected chi connectivity index (χ2v) is 2.94. The molecule has 0 radical (unpaired) electrons. The minimum Gasteiger partial charge on any atom is -0.489 e. The highest BCUT2D eigenvalue weighted by Crippen LogP contribution is 2.14. The normalized spacial score (nSPS) is 10.8. The number of benzene rings is 1. The fourth-order valence-electron chi connectivity index (χ4n) is 0.899. The summed E-state index contributed by atoms with van der Waals surface area (Å²) in [5.41, 5.74) is 0. The van der Waals surface area contributed by atoms with Gasteiger partial charge in [-0.3, -0.25) is 0 Å². The number of ether oxygens (including phenoxy) is 1. The minimum atomic E-state index is -0.641. The Morgan fingerprint density at radius 1 is 1.14 bits per heavy atom. The van der Waals surface area contributed by atoms with E-state index in [0.29, 0.717) is 5.75 Å². The van der Waals surface area contributed by atoms with Gasteiger partial charge in [0.2, 0.25) is 0 Å². The summed E-state index contributed by atoms with van der Waals surface area (Å²) in [6, 6.07) is 3.08. The van der Waals surface area contributed by atoms with Gasteiger partial charge in [-0.25, -0.2) is 8.78 Å². The summed E-state index contributed by atoms with van der Waals surface area (Å²) >= 11 is 3.95. The molecule has 0 heterocycles. The predicted molar refractivity (Wildman–Crippen MR) is 54.8 cm³/mol. The SMILES string of the molecule is Fc1cc(F)cc(OCC=CCS)c1. The van der Waals surface area contributed by atoms with Crippen molar-refractivity contribution in [3.63, 3.8) is 0 Å². The molecule has 0 aliphatic heterocycles. The molecule has 0 unspecified atom stereocenters. The lowest BCUT2D eigenvalue weighted by Crippen LogP contribution is -1.94. The van der Waals surface area contributed by atoms with Crippen molar-refractivity contribution in [1.29, 1.82) is 0 Å². The average molecular weight is 216 g/mol. The maximum absolute atomic E-state index is 12.7. The zero-order valence-electron chi connectivity index (χ0n) is 7.41. The Kier molecular flexibility index (Phi) is 4.46. The van der Waals surface area contributed by atoms with Gasteiger partial charge >= 0.3 is 0 Å². The molecule has 1 rings (SSSR count). The van der Waals surface area contributed by atoms with Crippen molar-refractivity contribution in [3.8, 4) is 5.75 Å². The molecule has 0 fully saturated rings. The van der Waals surface area contributed by atoms with E-state index < -0.39 is 11.6 Å². The Labute approximate surface area is 86.8 Å². The van der Waals surface area contributed by atoms with Gasteiger partial charge in [-0.05, 0) is 0 Å². The highest BCUT2D eigenvalue weighted by atomic mass is 32.1. The lowest BCUT2D eigenvalue weighted by molar-refractivity contribution is 0.357. The van der Waals surface area contributed by atoms with E-state index in [9.17, 15) is 8.78 Å². The molecule has 0 N–H and O–H groups in total. The largest absolute Gasteiger partial charge is 0.489 e. The second kappa shape index (κ2) is 5.65. The summed E-state index contributed by atoms with van der Waals surface area (Å²) < 4.78 is 30.4. The molecule has 0 aliphatic rings. The minimum absolute atomic E-state index is 0.186. The molecule has 0 aromatic heterocycles. The van der Waals surface area contributed by atoms with Crippen molar-refractivity contribution >= 4 is 12.6 Å². The summed E-state index contributed by atoms with van der Waals surface area (Å²) in [5, 5.41) is 0. The Morgan fingerprint density at radius 3 is 2.36 bits per heavy atom. The van der Waals surface area contributed by atoms with Gasteiger partial charge in [0.25, 0.3) is 0 Å². The Morgan fingerprint density at radius 2 is 1.79 bits per heavy atom. The molecule has 0 aliphatic carbocycles. The molecule has 0 atom stereocenters. The predicted octanol–water partition coefficient (Wildman–Crippen LogP) is 2.83. The summed E-state index contributed by atoms with van der Waals surface area (Å²) in [6.07, 6.45) is 3.52. The highest BCUT2D eigenvalue weighted by molar-refractivity contribution is 7.80. The third kappa shape index (κ3) is 3.79. The van der Waals surface area contributed by atoms with Gasteiger partial charge in [0.15, 0.2) is 0 Å². The lowest BCUT2D eigenvalue weighted by Gasteiger charge is -2.02. The Hall–Kier alpha value is -1.03. The van der Waals surface area contributed by atoms with Gasteiger partial charge in [-0.1, -0.05) is 12.2 Å². The number of halogens is 2. The maximum atomic E-state index is 12.7. The Bertz CT molecular complexity index is 306. The van der Waals surface area contributed by atoms with Crippen LogP contribution in [0.2, 0.25) is 0 Å². The van der Waals surface area contributed by atoms with Gasteiger partial charge in [-0.2, -0.15) is 12.6 Å². The topological polar surface area (TPSA) is 9.23 Å². The number of thiol groups is 1. The first-order chi connectivity index (χ1) is 6.72. The standard InChI is InChI=1S/C10H10F2OS/c11-8-5-9(12)7-10(6-8)13-3-1-2-4-14/h1-2,5-7,14H,3-4H2. The highest BCUT2D eigenvalue weighted by Gasteiger charge is 1.99. The van der Waals surface area contributed by atoms with E-state index in [0.717, 1.165) is 18.2 Å². The number of hydrogen-bond donors (Lipinski definition) is 1. The number of rotatable bonds is 4. The molecule has 14 heavy (non-hydrogen) atoms. The average Bonchev–Trinajstić information content (AvgIpc) is 2.11. The van der Waals surface area contributed by atoms with E-state index in [4.69, 9.17) is 4.74 Å². The quantitative estimate of drug-likeness (QED) is 0.601. The van der Waals surface area contributed by atoms with E-state index >= 15 is 0 Å². The van der Waals surface area contributed by atoms with Crippen LogP contribution >= 0.6 is 12.6 Å². The monoisotopic (exact) mass is 216 g/mol. The van der Waals surface area contributed by atoms with Crippen LogP contribution in [-0.2, 0) is 0 Å². The molecular weight excluding hydrogens is 206 g/mol.